The molecule has 0 saturated heterocycles. The number of esters is 1. The lowest BCUT2D eigenvalue weighted by Crippen LogP contribution is -2.33. The number of carbonyl (C=O) groups is 1. The number of carbonyl (C=O) groups excluding carboxylic acids is 1. The van der Waals surface area contributed by atoms with E-state index in [1.165, 1.54) is 21.1 Å². The second-order valence-corrected chi connectivity index (χ2v) is 5.85. The van der Waals surface area contributed by atoms with Gasteiger partial charge in [-0.25, -0.2) is 8.42 Å². The van der Waals surface area contributed by atoms with Gasteiger partial charge in [-0.05, 0) is 6.92 Å². The molecule has 0 aliphatic rings. The molecule has 5 nitrogen and oxygen atoms in total. The third-order valence-corrected chi connectivity index (χ3v) is 4.69. The van der Waals surface area contributed by atoms with Crippen LogP contribution in [0.4, 0.5) is 0 Å². The quantitative estimate of drug-likeness (QED) is 0.620. The van der Waals surface area contributed by atoms with Gasteiger partial charge in [-0.3, -0.25) is 4.79 Å². The monoisotopic (exact) mass is 238 g/mol. The smallest absolute Gasteiger partial charge is 0.309 e. The van der Waals surface area contributed by atoms with Crippen molar-refractivity contribution in [2.24, 2.45) is 5.92 Å². The van der Waals surface area contributed by atoms with Crippen LogP contribution in [0.25, 0.3) is 0 Å². The average Bonchev–Trinajstić information content (AvgIpc) is 2.23. The van der Waals surface area contributed by atoms with Crippen molar-refractivity contribution >= 4 is 15.8 Å². The first-order valence-electron chi connectivity index (χ1n) is 4.65. The maximum Gasteiger partial charge on any atom is 0.309 e. The van der Waals surface area contributed by atoms with Gasteiger partial charge in [0.15, 0.2) is 9.84 Å². The summed E-state index contributed by atoms with van der Waals surface area (Å²) in [6.45, 7) is 3.19. The molecule has 2 unspecified atom stereocenters. The van der Waals surface area contributed by atoms with Crippen molar-refractivity contribution in [2.75, 3.05) is 26.6 Å². The molecule has 0 fully saturated rings. The lowest BCUT2D eigenvalue weighted by molar-refractivity contribution is -0.144. The number of sulfone groups is 1. The molecule has 0 bridgehead atoms. The zero-order chi connectivity index (χ0) is 12.1. The van der Waals surface area contributed by atoms with Crippen LogP contribution in [-0.4, -0.2) is 46.2 Å². The molecule has 0 aromatic carbocycles. The number of ether oxygens (including phenoxy) is 2. The van der Waals surface area contributed by atoms with Crippen LogP contribution in [0.5, 0.6) is 0 Å². The lowest BCUT2D eigenvalue weighted by Gasteiger charge is -2.17. The van der Waals surface area contributed by atoms with E-state index in [1.807, 2.05) is 0 Å². The van der Waals surface area contributed by atoms with Crippen molar-refractivity contribution in [1.29, 1.82) is 0 Å². The second kappa shape index (κ2) is 6.07. The fourth-order valence-electron chi connectivity index (χ4n) is 1.07. The van der Waals surface area contributed by atoms with Gasteiger partial charge >= 0.3 is 5.97 Å². The average molecular weight is 238 g/mol. The van der Waals surface area contributed by atoms with Crippen LogP contribution in [0, 0.1) is 5.92 Å². The summed E-state index contributed by atoms with van der Waals surface area (Å²) in [4.78, 5) is 11.2. The van der Waals surface area contributed by atoms with E-state index in [0.29, 0.717) is 0 Å². The molecule has 0 radical (unpaired) electrons. The van der Waals surface area contributed by atoms with Crippen molar-refractivity contribution in [2.45, 2.75) is 19.1 Å². The summed E-state index contributed by atoms with van der Waals surface area (Å²) in [6.07, 6.45) is 0. The number of hydrogen-bond donors (Lipinski definition) is 0. The number of rotatable bonds is 6. The van der Waals surface area contributed by atoms with E-state index in [9.17, 15) is 13.2 Å². The van der Waals surface area contributed by atoms with Gasteiger partial charge in [-0.2, -0.15) is 0 Å². The molecule has 2 atom stereocenters. The van der Waals surface area contributed by atoms with Crippen molar-refractivity contribution in [3.05, 3.63) is 0 Å². The standard InChI is InChI=1S/C9H18O5S/c1-7(9(10)14-4)8(2)15(11,12)6-5-13-3/h7-8H,5-6H2,1-4H3. The van der Waals surface area contributed by atoms with Gasteiger partial charge in [0.2, 0.25) is 0 Å². The van der Waals surface area contributed by atoms with Gasteiger partial charge in [0.25, 0.3) is 0 Å². The van der Waals surface area contributed by atoms with E-state index in [4.69, 9.17) is 4.74 Å². The summed E-state index contributed by atoms with van der Waals surface area (Å²) in [5, 5.41) is -0.750. The minimum Gasteiger partial charge on any atom is -0.469 e. The summed E-state index contributed by atoms with van der Waals surface area (Å²) in [5.74, 6) is -1.24. The fraction of sp³-hybridized carbons (Fsp3) is 0.889. The van der Waals surface area contributed by atoms with Gasteiger partial charge in [0.05, 0.1) is 30.6 Å². The molecule has 0 saturated carbocycles. The fourth-order valence-corrected chi connectivity index (χ4v) is 2.58. The maximum absolute atomic E-state index is 11.7. The molecule has 0 aromatic rings. The molecule has 0 spiro atoms. The molecule has 6 heteroatoms. The normalized spacial score (nSPS) is 15.7. The first-order chi connectivity index (χ1) is 6.86. The highest BCUT2D eigenvalue weighted by molar-refractivity contribution is 7.92. The maximum atomic E-state index is 11.7. The van der Waals surface area contributed by atoms with Crippen LogP contribution in [0.2, 0.25) is 0 Å². The second-order valence-electron chi connectivity index (χ2n) is 3.38. The summed E-state index contributed by atoms with van der Waals surface area (Å²) in [5.41, 5.74) is 0. The van der Waals surface area contributed by atoms with Gasteiger partial charge in [0, 0.05) is 7.11 Å². The molecular weight excluding hydrogens is 220 g/mol. The van der Waals surface area contributed by atoms with E-state index < -0.39 is 27.0 Å². The molecule has 0 aromatic heterocycles. The van der Waals surface area contributed by atoms with Crippen LogP contribution in [-0.2, 0) is 24.1 Å². The van der Waals surface area contributed by atoms with E-state index in [0.717, 1.165) is 0 Å². The van der Waals surface area contributed by atoms with E-state index in [2.05, 4.69) is 4.74 Å². The number of hydrogen-bond acceptors (Lipinski definition) is 5. The molecule has 90 valence electrons. The van der Waals surface area contributed by atoms with Gasteiger partial charge in [-0.15, -0.1) is 0 Å². The highest BCUT2D eigenvalue weighted by atomic mass is 32.2. The lowest BCUT2D eigenvalue weighted by atomic mass is 10.1. The molecule has 0 N–H and O–H groups in total. The SMILES string of the molecule is COCCS(=O)(=O)C(C)C(C)C(=O)OC. The predicted molar refractivity (Wildman–Crippen MR) is 56.3 cm³/mol. The van der Waals surface area contributed by atoms with Crippen LogP contribution in [0.1, 0.15) is 13.8 Å². The van der Waals surface area contributed by atoms with Crippen LogP contribution >= 0.6 is 0 Å². The number of methoxy groups -OCH3 is 2. The summed E-state index contributed by atoms with van der Waals surface area (Å²) in [7, 11) is -0.625. The van der Waals surface area contributed by atoms with E-state index >= 15 is 0 Å². The third kappa shape index (κ3) is 4.17. The van der Waals surface area contributed by atoms with Crippen LogP contribution in [0.3, 0.4) is 0 Å². The van der Waals surface area contributed by atoms with Crippen molar-refractivity contribution < 1.29 is 22.7 Å². The van der Waals surface area contributed by atoms with Crippen molar-refractivity contribution in [3.8, 4) is 0 Å². The molecule has 15 heavy (non-hydrogen) atoms. The Morgan fingerprint density at radius 2 is 1.80 bits per heavy atom. The largest absolute Gasteiger partial charge is 0.469 e. The van der Waals surface area contributed by atoms with Crippen molar-refractivity contribution in [1.82, 2.24) is 0 Å². The summed E-state index contributed by atoms with van der Waals surface area (Å²) in [6, 6.07) is 0. The Bertz CT molecular complexity index is 296. The van der Waals surface area contributed by atoms with E-state index in [1.54, 1.807) is 6.92 Å². The summed E-state index contributed by atoms with van der Waals surface area (Å²) < 4.78 is 32.5. The van der Waals surface area contributed by atoms with E-state index in [-0.39, 0.29) is 12.4 Å². The molecule has 0 rings (SSSR count). The Balaban J connectivity index is 4.54. The zero-order valence-electron chi connectivity index (χ0n) is 9.52. The predicted octanol–water partition coefficient (Wildman–Crippen LogP) is 0.245. The Labute approximate surface area is 90.7 Å². The van der Waals surface area contributed by atoms with Gasteiger partial charge in [0.1, 0.15) is 0 Å². The van der Waals surface area contributed by atoms with Crippen LogP contribution < -0.4 is 0 Å². The highest BCUT2D eigenvalue weighted by Gasteiger charge is 2.31. The topological polar surface area (TPSA) is 69.7 Å². The van der Waals surface area contributed by atoms with Gasteiger partial charge < -0.3 is 9.47 Å². The Hall–Kier alpha value is -0.620. The first kappa shape index (κ1) is 14.4. The molecule has 0 amide bonds. The first-order valence-corrected chi connectivity index (χ1v) is 6.36. The third-order valence-electron chi connectivity index (χ3n) is 2.42. The minimum atomic E-state index is -3.30. The molecule has 0 heterocycles. The van der Waals surface area contributed by atoms with Gasteiger partial charge in [-0.1, -0.05) is 6.92 Å². The van der Waals surface area contributed by atoms with Crippen LogP contribution in [0.15, 0.2) is 0 Å². The zero-order valence-corrected chi connectivity index (χ0v) is 10.3. The Morgan fingerprint density at radius 3 is 2.20 bits per heavy atom. The Morgan fingerprint density at radius 1 is 1.27 bits per heavy atom. The van der Waals surface area contributed by atoms with Crippen molar-refractivity contribution in [3.63, 3.8) is 0 Å². The molecular formula is C9H18O5S. The summed E-state index contributed by atoms with van der Waals surface area (Å²) >= 11 is 0. The molecule has 0 aliphatic heterocycles. The minimum absolute atomic E-state index is 0.0774. The highest BCUT2D eigenvalue weighted by Crippen LogP contribution is 2.14. The molecule has 0 aliphatic carbocycles. The Kier molecular flexibility index (Phi) is 5.82.